The Kier molecular flexibility index (Phi) is 3.33. The molecule has 1 saturated carbocycles. The van der Waals surface area contributed by atoms with Gasteiger partial charge in [0.15, 0.2) is 0 Å². The topological polar surface area (TPSA) is 29.9 Å². The normalized spacial score (nSPS) is 21.2. The lowest BCUT2D eigenvalue weighted by Crippen LogP contribution is -2.32. The van der Waals surface area contributed by atoms with Crippen LogP contribution >= 0.6 is 0 Å². The Labute approximate surface area is 98.3 Å². The number of imidazole rings is 1. The number of aromatic nitrogens is 2. The van der Waals surface area contributed by atoms with Crippen molar-refractivity contribution in [3.63, 3.8) is 0 Å². The van der Waals surface area contributed by atoms with Gasteiger partial charge in [0.2, 0.25) is 0 Å². The summed E-state index contributed by atoms with van der Waals surface area (Å²) in [5.41, 5.74) is 0.513. The lowest BCUT2D eigenvalue weighted by atomic mass is 9.88. The molecule has 1 unspecified atom stereocenters. The van der Waals surface area contributed by atoms with Crippen LogP contribution in [0.4, 0.5) is 0 Å². The summed E-state index contributed by atoms with van der Waals surface area (Å²) in [6.07, 6.45) is 9.40. The average molecular weight is 221 g/mol. The maximum absolute atomic E-state index is 4.38. The van der Waals surface area contributed by atoms with Gasteiger partial charge in [-0.05, 0) is 25.2 Å². The SMILES string of the molecule is CC(NCC1(C)CCCC1)c1nccn1C. The zero-order chi connectivity index (χ0) is 11.6. The van der Waals surface area contributed by atoms with Crippen LogP contribution in [-0.2, 0) is 7.05 Å². The van der Waals surface area contributed by atoms with Crippen molar-refractivity contribution < 1.29 is 0 Å². The summed E-state index contributed by atoms with van der Waals surface area (Å²) in [5.74, 6) is 1.13. The number of rotatable bonds is 4. The van der Waals surface area contributed by atoms with Crippen molar-refractivity contribution in [1.29, 1.82) is 0 Å². The van der Waals surface area contributed by atoms with E-state index in [2.05, 4.69) is 35.8 Å². The van der Waals surface area contributed by atoms with Gasteiger partial charge in [-0.15, -0.1) is 0 Å². The Morgan fingerprint density at radius 3 is 2.75 bits per heavy atom. The van der Waals surface area contributed by atoms with Crippen LogP contribution in [-0.4, -0.2) is 16.1 Å². The zero-order valence-electron chi connectivity index (χ0n) is 10.7. The highest BCUT2D eigenvalue weighted by Crippen LogP contribution is 2.37. The van der Waals surface area contributed by atoms with Crippen molar-refractivity contribution in [1.82, 2.24) is 14.9 Å². The lowest BCUT2D eigenvalue weighted by molar-refractivity contribution is 0.298. The van der Waals surface area contributed by atoms with Gasteiger partial charge in [0.1, 0.15) is 5.82 Å². The monoisotopic (exact) mass is 221 g/mol. The molecule has 1 heterocycles. The standard InChI is InChI=1S/C13H23N3/c1-11(12-14-8-9-16(12)3)15-10-13(2)6-4-5-7-13/h8-9,11,15H,4-7,10H2,1-3H3. The second-order valence-electron chi connectivity index (χ2n) is 5.52. The molecular weight excluding hydrogens is 198 g/mol. The fourth-order valence-electron chi connectivity index (χ4n) is 2.69. The molecule has 1 aromatic heterocycles. The molecule has 0 aromatic carbocycles. The van der Waals surface area contributed by atoms with Crippen LogP contribution in [0.5, 0.6) is 0 Å². The molecule has 3 heteroatoms. The van der Waals surface area contributed by atoms with Gasteiger partial charge in [-0.25, -0.2) is 4.98 Å². The number of hydrogen-bond acceptors (Lipinski definition) is 2. The van der Waals surface area contributed by atoms with E-state index in [9.17, 15) is 0 Å². The van der Waals surface area contributed by atoms with Gasteiger partial charge in [-0.1, -0.05) is 19.8 Å². The predicted molar refractivity (Wildman–Crippen MR) is 66.2 cm³/mol. The van der Waals surface area contributed by atoms with E-state index in [4.69, 9.17) is 0 Å². The van der Waals surface area contributed by atoms with Crippen LogP contribution in [0.15, 0.2) is 12.4 Å². The molecule has 1 aliphatic carbocycles. The summed E-state index contributed by atoms with van der Waals surface area (Å²) in [5, 5.41) is 3.62. The third kappa shape index (κ3) is 2.46. The van der Waals surface area contributed by atoms with Crippen molar-refractivity contribution in [3.05, 3.63) is 18.2 Å². The molecule has 3 nitrogen and oxygen atoms in total. The maximum atomic E-state index is 4.38. The minimum absolute atomic E-state index is 0.345. The second kappa shape index (κ2) is 4.58. The first-order valence-electron chi connectivity index (χ1n) is 6.31. The van der Waals surface area contributed by atoms with E-state index in [-0.39, 0.29) is 0 Å². The molecule has 0 saturated heterocycles. The number of hydrogen-bond donors (Lipinski definition) is 1. The van der Waals surface area contributed by atoms with Crippen LogP contribution in [0, 0.1) is 5.41 Å². The highest BCUT2D eigenvalue weighted by molar-refractivity contribution is 4.97. The lowest BCUT2D eigenvalue weighted by Gasteiger charge is -2.26. The van der Waals surface area contributed by atoms with Crippen LogP contribution in [0.3, 0.4) is 0 Å². The average Bonchev–Trinajstić information content (AvgIpc) is 2.85. The molecule has 0 aliphatic heterocycles. The summed E-state index contributed by atoms with van der Waals surface area (Å²) in [6, 6.07) is 0.345. The van der Waals surface area contributed by atoms with Gasteiger partial charge in [-0.2, -0.15) is 0 Å². The Morgan fingerprint density at radius 2 is 2.19 bits per heavy atom. The summed E-state index contributed by atoms with van der Waals surface area (Å²) in [7, 11) is 2.05. The molecule has 2 rings (SSSR count). The van der Waals surface area contributed by atoms with E-state index in [0.717, 1.165) is 12.4 Å². The maximum Gasteiger partial charge on any atom is 0.125 e. The van der Waals surface area contributed by atoms with Crippen LogP contribution in [0.1, 0.15) is 51.4 Å². The first-order valence-corrected chi connectivity index (χ1v) is 6.31. The van der Waals surface area contributed by atoms with Gasteiger partial charge < -0.3 is 9.88 Å². The molecule has 1 N–H and O–H groups in total. The summed E-state index contributed by atoms with van der Waals surface area (Å²) < 4.78 is 2.09. The van der Waals surface area contributed by atoms with Gasteiger partial charge in [-0.3, -0.25) is 0 Å². The smallest absolute Gasteiger partial charge is 0.125 e. The quantitative estimate of drug-likeness (QED) is 0.847. The van der Waals surface area contributed by atoms with E-state index >= 15 is 0 Å². The molecule has 1 atom stereocenters. The van der Waals surface area contributed by atoms with Crippen LogP contribution in [0.25, 0.3) is 0 Å². The summed E-state index contributed by atoms with van der Waals surface area (Å²) in [6.45, 7) is 5.71. The highest BCUT2D eigenvalue weighted by atomic mass is 15.1. The van der Waals surface area contributed by atoms with E-state index in [1.165, 1.54) is 25.7 Å². The minimum atomic E-state index is 0.345. The Balaban J connectivity index is 1.88. The first kappa shape index (κ1) is 11.6. The third-order valence-electron chi connectivity index (χ3n) is 3.89. The molecule has 1 fully saturated rings. The van der Waals surface area contributed by atoms with Crippen molar-refractivity contribution >= 4 is 0 Å². The summed E-state index contributed by atoms with van der Waals surface area (Å²) in [4.78, 5) is 4.38. The zero-order valence-corrected chi connectivity index (χ0v) is 10.7. The van der Waals surface area contributed by atoms with E-state index in [0.29, 0.717) is 11.5 Å². The van der Waals surface area contributed by atoms with E-state index in [1.54, 1.807) is 0 Å². The molecule has 1 aliphatic rings. The van der Waals surface area contributed by atoms with Crippen molar-refractivity contribution in [2.24, 2.45) is 12.5 Å². The second-order valence-corrected chi connectivity index (χ2v) is 5.52. The Morgan fingerprint density at radius 1 is 1.50 bits per heavy atom. The molecular formula is C13H23N3. The van der Waals surface area contributed by atoms with Gasteiger partial charge in [0.25, 0.3) is 0 Å². The molecule has 90 valence electrons. The third-order valence-corrected chi connectivity index (χ3v) is 3.89. The van der Waals surface area contributed by atoms with Gasteiger partial charge >= 0.3 is 0 Å². The molecule has 16 heavy (non-hydrogen) atoms. The fraction of sp³-hybridized carbons (Fsp3) is 0.769. The number of nitrogens with one attached hydrogen (secondary N) is 1. The predicted octanol–water partition coefficient (Wildman–Crippen LogP) is 2.65. The van der Waals surface area contributed by atoms with Crippen molar-refractivity contribution in [3.8, 4) is 0 Å². The van der Waals surface area contributed by atoms with E-state index < -0.39 is 0 Å². The van der Waals surface area contributed by atoms with E-state index in [1.807, 2.05) is 12.4 Å². The first-order chi connectivity index (χ1) is 7.61. The Bertz CT molecular complexity index is 337. The molecule has 0 spiro atoms. The highest BCUT2D eigenvalue weighted by Gasteiger charge is 2.28. The summed E-state index contributed by atoms with van der Waals surface area (Å²) >= 11 is 0. The molecule has 1 aromatic rings. The van der Waals surface area contributed by atoms with Gasteiger partial charge in [0.05, 0.1) is 6.04 Å². The molecule has 0 amide bonds. The van der Waals surface area contributed by atoms with Crippen molar-refractivity contribution in [2.45, 2.75) is 45.6 Å². The minimum Gasteiger partial charge on any atom is -0.337 e. The Hall–Kier alpha value is -0.830. The van der Waals surface area contributed by atoms with Crippen LogP contribution in [0.2, 0.25) is 0 Å². The molecule has 0 bridgehead atoms. The number of nitrogens with zero attached hydrogens (tertiary/aromatic N) is 2. The molecule has 0 radical (unpaired) electrons. The van der Waals surface area contributed by atoms with Crippen molar-refractivity contribution in [2.75, 3.05) is 6.54 Å². The number of aryl methyl sites for hydroxylation is 1. The van der Waals surface area contributed by atoms with Crippen LogP contribution < -0.4 is 5.32 Å². The largest absolute Gasteiger partial charge is 0.337 e. The fourth-order valence-corrected chi connectivity index (χ4v) is 2.69. The van der Waals surface area contributed by atoms with Gasteiger partial charge in [0, 0.05) is 26.0 Å².